The van der Waals surface area contributed by atoms with Gasteiger partial charge in [-0.3, -0.25) is 0 Å². The lowest BCUT2D eigenvalue weighted by atomic mass is 10.1. The van der Waals surface area contributed by atoms with E-state index >= 15 is 0 Å². The highest BCUT2D eigenvalue weighted by Gasteiger charge is 2.08. The van der Waals surface area contributed by atoms with Gasteiger partial charge in [0.1, 0.15) is 0 Å². The number of thiol groups is 1. The van der Waals surface area contributed by atoms with Crippen molar-refractivity contribution in [2.75, 3.05) is 13.1 Å². The van der Waals surface area contributed by atoms with Gasteiger partial charge in [0.05, 0.1) is 0 Å². The molecular formula is C7H17NS. The largest absolute Gasteiger partial charge is 0.317 e. The van der Waals surface area contributed by atoms with Crippen molar-refractivity contribution in [3.8, 4) is 0 Å². The Kier molecular flexibility index (Phi) is 4.32. The van der Waals surface area contributed by atoms with Crippen molar-refractivity contribution in [2.45, 2.75) is 31.9 Å². The molecule has 1 N–H and O–H groups in total. The summed E-state index contributed by atoms with van der Waals surface area (Å²) in [5.41, 5.74) is 0. The molecule has 0 radical (unpaired) electrons. The fourth-order valence-electron chi connectivity index (χ4n) is 0.571. The SMILES string of the molecule is CCNCCC(C)(C)S. The van der Waals surface area contributed by atoms with Crippen LogP contribution in [0.5, 0.6) is 0 Å². The van der Waals surface area contributed by atoms with Crippen LogP contribution in [-0.4, -0.2) is 17.8 Å². The van der Waals surface area contributed by atoms with Gasteiger partial charge >= 0.3 is 0 Å². The smallest absolute Gasteiger partial charge is 0.00852 e. The Morgan fingerprint density at radius 2 is 2.00 bits per heavy atom. The Labute approximate surface area is 63.6 Å². The predicted molar refractivity (Wildman–Crippen MR) is 46.2 cm³/mol. The molecule has 1 nitrogen and oxygen atoms in total. The third-order valence-corrected chi connectivity index (χ3v) is 1.39. The van der Waals surface area contributed by atoms with E-state index in [4.69, 9.17) is 0 Å². The fourth-order valence-corrected chi connectivity index (χ4v) is 0.683. The van der Waals surface area contributed by atoms with Crippen molar-refractivity contribution in [3.05, 3.63) is 0 Å². The zero-order chi connectivity index (χ0) is 7.33. The van der Waals surface area contributed by atoms with Gasteiger partial charge in [-0.05, 0) is 19.5 Å². The van der Waals surface area contributed by atoms with Crippen LogP contribution >= 0.6 is 12.6 Å². The molecule has 0 aromatic carbocycles. The van der Waals surface area contributed by atoms with Gasteiger partial charge in [-0.15, -0.1) is 0 Å². The molecule has 0 saturated carbocycles. The van der Waals surface area contributed by atoms with Gasteiger partial charge in [0.25, 0.3) is 0 Å². The van der Waals surface area contributed by atoms with Crippen LogP contribution in [0.3, 0.4) is 0 Å². The molecule has 0 bridgehead atoms. The second-order valence-electron chi connectivity index (χ2n) is 2.92. The third kappa shape index (κ3) is 8.31. The summed E-state index contributed by atoms with van der Waals surface area (Å²) in [6, 6.07) is 0. The van der Waals surface area contributed by atoms with Crippen LogP contribution in [0.4, 0.5) is 0 Å². The van der Waals surface area contributed by atoms with E-state index in [9.17, 15) is 0 Å². The Bertz CT molecular complexity index is 65.8. The zero-order valence-electron chi connectivity index (χ0n) is 6.57. The van der Waals surface area contributed by atoms with Gasteiger partial charge in [0.2, 0.25) is 0 Å². The summed E-state index contributed by atoms with van der Waals surface area (Å²) in [5, 5.41) is 3.26. The van der Waals surface area contributed by atoms with E-state index in [2.05, 4.69) is 38.7 Å². The summed E-state index contributed by atoms with van der Waals surface area (Å²) >= 11 is 4.39. The van der Waals surface area contributed by atoms with Gasteiger partial charge < -0.3 is 5.32 Å². The summed E-state index contributed by atoms with van der Waals surface area (Å²) < 4.78 is 0.183. The topological polar surface area (TPSA) is 12.0 Å². The monoisotopic (exact) mass is 147 g/mol. The highest BCUT2D eigenvalue weighted by Crippen LogP contribution is 2.15. The summed E-state index contributed by atoms with van der Waals surface area (Å²) in [7, 11) is 0. The Balaban J connectivity index is 3.07. The molecule has 0 unspecified atom stereocenters. The quantitative estimate of drug-likeness (QED) is 0.455. The van der Waals surface area contributed by atoms with Crippen LogP contribution in [0, 0.1) is 0 Å². The highest BCUT2D eigenvalue weighted by atomic mass is 32.1. The zero-order valence-corrected chi connectivity index (χ0v) is 7.46. The first-order valence-corrected chi connectivity index (χ1v) is 3.94. The average Bonchev–Trinajstić information content (AvgIpc) is 1.63. The maximum Gasteiger partial charge on any atom is 0.00852 e. The fraction of sp³-hybridized carbons (Fsp3) is 1.00. The van der Waals surface area contributed by atoms with E-state index in [1.54, 1.807) is 0 Å². The predicted octanol–water partition coefficient (Wildman–Crippen LogP) is 1.69. The summed E-state index contributed by atoms with van der Waals surface area (Å²) in [4.78, 5) is 0. The van der Waals surface area contributed by atoms with Crippen molar-refractivity contribution in [1.82, 2.24) is 5.32 Å². The summed E-state index contributed by atoms with van der Waals surface area (Å²) in [5.74, 6) is 0. The van der Waals surface area contributed by atoms with Crippen molar-refractivity contribution < 1.29 is 0 Å². The van der Waals surface area contributed by atoms with Crippen LogP contribution in [0.25, 0.3) is 0 Å². The van der Waals surface area contributed by atoms with Gasteiger partial charge in [-0.1, -0.05) is 20.8 Å². The maximum atomic E-state index is 4.39. The van der Waals surface area contributed by atoms with Gasteiger partial charge in [-0.2, -0.15) is 12.6 Å². The third-order valence-electron chi connectivity index (χ3n) is 1.16. The molecule has 0 saturated heterocycles. The van der Waals surface area contributed by atoms with Crippen LogP contribution in [0.15, 0.2) is 0 Å². The second-order valence-corrected chi connectivity index (χ2v) is 4.13. The number of rotatable bonds is 4. The number of hydrogen-bond acceptors (Lipinski definition) is 2. The van der Waals surface area contributed by atoms with Crippen molar-refractivity contribution in [2.24, 2.45) is 0 Å². The van der Waals surface area contributed by atoms with Crippen molar-refractivity contribution in [3.63, 3.8) is 0 Å². The first-order chi connectivity index (χ1) is 4.06. The Hall–Kier alpha value is 0.310. The van der Waals surface area contributed by atoms with Gasteiger partial charge in [0.15, 0.2) is 0 Å². The standard InChI is InChI=1S/C7H17NS/c1-4-8-6-5-7(2,3)9/h8-9H,4-6H2,1-3H3. The van der Waals surface area contributed by atoms with Crippen LogP contribution in [0.1, 0.15) is 27.2 Å². The molecule has 0 fully saturated rings. The van der Waals surface area contributed by atoms with Crippen molar-refractivity contribution in [1.29, 1.82) is 0 Å². The number of nitrogens with one attached hydrogen (secondary N) is 1. The summed E-state index contributed by atoms with van der Waals surface area (Å²) in [6.45, 7) is 8.52. The molecule has 0 heterocycles. The van der Waals surface area contributed by atoms with Gasteiger partial charge in [-0.25, -0.2) is 0 Å². The lowest BCUT2D eigenvalue weighted by Crippen LogP contribution is -2.22. The van der Waals surface area contributed by atoms with E-state index in [1.165, 1.54) is 0 Å². The molecular weight excluding hydrogens is 130 g/mol. The van der Waals surface area contributed by atoms with E-state index in [-0.39, 0.29) is 4.75 Å². The maximum absolute atomic E-state index is 4.39. The minimum Gasteiger partial charge on any atom is -0.317 e. The molecule has 0 aromatic rings. The minimum absolute atomic E-state index is 0.183. The molecule has 0 spiro atoms. The molecule has 9 heavy (non-hydrogen) atoms. The average molecular weight is 147 g/mol. The molecule has 0 rings (SSSR count). The van der Waals surface area contributed by atoms with Gasteiger partial charge in [0, 0.05) is 4.75 Å². The molecule has 0 aliphatic heterocycles. The molecule has 56 valence electrons. The second kappa shape index (κ2) is 4.18. The summed E-state index contributed by atoms with van der Waals surface area (Å²) in [6.07, 6.45) is 1.13. The molecule has 0 aliphatic carbocycles. The first-order valence-electron chi connectivity index (χ1n) is 3.49. The van der Waals surface area contributed by atoms with E-state index in [1.807, 2.05) is 0 Å². The molecule has 0 amide bonds. The number of hydrogen-bond donors (Lipinski definition) is 2. The normalized spacial score (nSPS) is 12.0. The van der Waals surface area contributed by atoms with E-state index in [0.29, 0.717) is 0 Å². The highest BCUT2D eigenvalue weighted by molar-refractivity contribution is 7.81. The minimum atomic E-state index is 0.183. The van der Waals surface area contributed by atoms with E-state index < -0.39 is 0 Å². The van der Waals surface area contributed by atoms with Crippen LogP contribution < -0.4 is 5.32 Å². The van der Waals surface area contributed by atoms with E-state index in [0.717, 1.165) is 19.5 Å². The van der Waals surface area contributed by atoms with Crippen molar-refractivity contribution >= 4 is 12.6 Å². The lowest BCUT2D eigenvalue weighted by Gasteiger charge is -2.16. The Morgan fingerprint density at radius 3 is 2.33 bits per heavy atom. The van der Waals surface area contributed by atoms with Crippen LogP contribution in [-0.2, 0) is 0 Å². The molecule has 0 aromatic heterocycles. The molecule has 0 aliphatic rings. The lowest BCUT2D eigenvalue weighted by molar-refractivity contribution is 0.587. The Morgan fingerprint density at radius 1 is 1.44 bits per heavy atom. The molecule has 0 atom stereocenters. The molecule has 2 heteroatoms. The van der Waals surface area contributed by atoms with Crippen LogP contribution in [0.2, 0.25) is 0 Å². The first kappa shape index (κ1) is 9.31.